The van der Waals surface area contributed by atoms with Gasteiger partial charge in [-0.25, -0.2) is 0 Å². The summed E-state index contributed by atoms with van der Waals surface area (Å²) in [6.07, 6.45) is 10.2. The van der Waals surface area contributed by atoms with Gasteiger partial charge in [-0.05, 0) is 37.5 Å². The third-order valence-corrected chi connectivity index (χ3v) is 5.13. The second-order valence-corrected chi connectivity index (χ2v) is 6.14. The highest BCUT2D eigenvalue weighted by atomic mass is 16.5. The van der Waals surface area contributed by atoms with Crippen LogP contribution in [-0.2, 0) is 4.74 Å². The highest BCUT2D eigenvalue weighted by molar-refractivity contribution is 4.99. The maximum absolute atomic E-state index is 5.89. The van der Waals surface area contributed by atoms with Crippen molar-refractivity contribution in [2.75, 3.05) is 7.11 Å². The molecular weight excluding hydrogens is 212 g/mol. The molecule has 2 aliphatic carbocycles. The first kappa shape index (κ1) is 13.3. The lowest BCUT2D eigenvalue weighted by atomic mass is 9.73. The van der Waals surface area contributed by atoms with E-state index in [4.69, 9.17) is 10.6 Å². The van der Waals surface area contributed by atoms with Crippen LogP contribution in [0.3, 0.4) is 0 Å². The molecule has 3 nitrogen and oxygen atoms in total. The third kappa shape index (κ3) is 2.67. The van der Waals surface area contributed by atoms with E-state index in [1.807, 2.05) is 7.11 Å². The first-order valence-electron chi connectivity index (χ1n) is 7.23. The van der Waals surface area contributed by atoms with Gasteiger partial charge in [0.2, 0.25) is 0 Å². The fourth-order valence-corrected chi connectivity index (χ4v) is 3.95. The van der Waals surface area contributed by atoms with Gasteiger partial charge in [-0.3, -0.25) is 11.3 Å². The van der Waals surface area contributed by atoms with E-state index >= 15 is 0 Å². The van der Waals surface area contributed by atoms with Gasteiger partial charge in [0.05, 0.1) is 11.6 Å². The molecule has 1 unspecified atom stereocenters. The Bertz CT molecular complexity index is 230. The van der Waals surface area contributed by atoms with Crippen LogP contribution >= 0.6 is 0 Å². The van der Waals surface area contributed by atoms with Crippen molar-refractivity contribution in [3.63, 3.8) is 0 Å². The Morgan fingerprint density at radius 3 is 2.24 bits per heavy atom. The van der Waals surface area contributed by atoms with E-state index < -0.39 is 0 Å². The fraction of sp³-hybridized carbons (Fsp3) is 1.00. The van der Waals surface area contributed by atoms with Crippen LogP contribution in [0.15, 0.2) is 0 Å². The Hall–Kier alpha value is -0.120. The van der Waals surface area contributed by atoms with Gasteiger partial charge in [0.15, 0.2) is 0 Å². The number of nitrogens with two attached hydrogens (primary N) is 1. The largest absolute Gasteiger partial charge is 0.377 e. The molecule has 2 aliphatic rings. The van der Waals surface area contributed by atoms with E-state index in [-0.39, 0.29) is 5.60 Å². The molecule has 0 bridgehead atoms. The first-order valence-corrected chi connectivity index (χ1v) is 7.23. The van der Waals surface area contributed by atoms with Gasteiger partial charge in [0.1, 0.15) is 0 Å². The predicted octanol–water partition coefficient (Wildman–Crippen LogP) is 2.60. The first-order chi connectivity index (χ1) is 8.22. The van der Waals surface area contributed by atoms with Crippen LogP contribution in [0.5, 0.6) is 0 Å². The van der Waals surface area contributed by atoms with Gasteiger partial charge in [0, 0.05) is 7.11 Å². The van der Waals surface area contributed by atoms with Gasteiger partial charge in [-0.1, -0.05) is 32.6 Å². The van der Waals surface area contributed by atoms with Crippen LogP contribution in [0.1, 0.15) is 58.3 Å². The molecule has 0 amide bonds. The van der Waals surface area contributed by atoms with E-state index in [1.54, 1.807) is 0 Å². The SMILES string of the molecule is COC1(C(NN)C2CCC(C)CC2)CCCC1. The minimum Gasteiger partial charge on any atom is -0.377 e. The lowest BCUT2D eigenvalue weighted by Gasteiger charge is -2.42. The van der Waals surface area contributed by atoms with Gasteiger partial charge in [-0.2, -0.15) is 0 Å². The third-order valence-electron chi connectivity index (χ3n) is 5.13. The highest BCUT2D eigenvalue weighted by Gasteiger charge is 2.45. The molecule has 0 aromatic carbocycles. The summed E-state index contributed by atoms with van der Waals surface area (Å²) in [5.74, 6) is 7.45. The number of hydrogen-bond donors (Lipinski definition) is 2. The van der Waals surface area contributed by atoms with Gasteiger partial charge in [0.25, 0.3) is 0 Å². The molecule has 2 fully saturated rings. The van der Waals surface area contributed by atoms with Gasteiger partial charge < -0.3 is 4.74 Å². The van der Waals surface area contributed by atoms with Crippen molar-refractivity contribution in [2.45, 2.75) is 69.9 Å². The van der Waals surface area contributed by atoms with E-state index in [0.29, 0.717) is 12.0 Å². The summed E-state index contributed by atoms with van der Waals surface area (Å²) in [6.45, 7) is 2.36. The van der Waals surface area contributed by atoms with Crippen molar-refractivity contribution in [1.29, 1.82) is 0 Å². The summed E-state index contributed by atoms with van der Waals surface area (Å²) in [5.41, 5.74) is 3.11. The molecule has 3 N–H and O–H groups in total. The summed E-state index contributed by atoms with van der Waals surface area (Å²) in [4.78, 5) is 0. The average Bonchev–Trinajstić information content (AvgIpc) is 2.82. The zero-order chi connectivity index (χ0) is 12.3. The second-order valence-electron chi connectivity index (χ2n) is 6.14. The molecule has 1 atom stereocenters. The molecule has 17 heavy (non-hydrogen) atoms. The lowest BCUT2D eigenvalue weighted by molar-refractivity contribution is -0.0578. The minimum absolute atomic E-state index is 0.0139. The van der Waals surface area contributed by atoms with Crippen LogP contribution in [0, 0.1) is 11.8 Å². The predicted molar refractivity (Wildman–Crippen MR) is 70.4 cm³/mol. The Morgan fingerprint density at radius 2 is 1.76 bits per heavy atom. The van der Waals surface area contributed by atoms with Crippen molar-refractivity contribution >= 4 is 0 Å². The average molecular weight is 240 g/mol. The summed E-state index contributed by atoms with van der Waals surface area (Å²) < 4.78 is 5.89. The zero-order valence-electron chi connectivity index (χ0n) is 11.4. The van der Waals surface area contributed by atoms with Crippen molar-refractivity contribution in [3.05, 3.63) is 0 Å². The Labute approximate surface area is 105 Å². The maximum Gasteiger partial charge on any atom is 0.0847 e. The van der Waals surface area contributed by atoms with E-state index in [2.05, 4.69) is 12.3 Å². The van der Waals surface area contributed by atoms with Gasteiger partial charge >= 0.3 is 0 Å². The van der Waals surface area contributed by atoms with Gasteiger partial charge in [-0.15, -0.1) is 0 Å². The molecule has 3 heteroatoms. The molecule has 0 spiro atoms. The molecule has 100 valence electrons. The highest BCUT2D eigenvalue weighted by Crippen LogP contribution is 2.42. The van der Waals surface area contributed by atoms with Crippen LogP contribution in [0.25, 0.3) is 0 Å². The molecule has 0 radical (unpaired) electrons. The number of rotatable bonds is 4. The van der Waals surface area contributed by atoms with Crippen molar-refractivity contribution in [2.24, 2.45) is 17.7 Å². The van der Waals surface area contributed by atoms with Crippen molar-refractivity contribution in [3.8, 4) is 0 Å². The monoisotopic (exact) mass is 240 g/mol. The topological polar surface area (TPSA) is 47.3 Å². The Kier molecular flexibility index (Phi) is 4.45. The molecule has 0 aromatic rings. The number of methoxy groups -OCH3 is 1. The van der Waals surface area contributed by atoms with E-state index in [0.717, 1.165) is 5.92 Å². The molecule has 0 aromatic heterocycles. The molecule has 2 rings (SSSR count). The quantitative estimate of drug-likeness (QED) is 0.586. The summed E-state index contributed by atoms with van der Waals surface area (Å²) >= 11 is 0. The Balaban J connectivity index is 2.04. The van der Waals surface area contributed by atoms with E-state index in [1.165, 1.54) is 51.4 Å². The van der Waals surface area contributed by atoms with E-state index in [9.17, 15) is 0 Å². The van der Waals surface area contributed by atoms with Crippen LogP contribution < -0.4 is 11.3 Å². The maximum atomic E-state index is 5.89. The number of hydrogen-bond acceptors (Lipinski definition) is 3. The van der Waals surface area contributed by atoms with Crippen LogP contribution in [0.4, 0.5) is 0 Å². The molecule has 0 saturated heterocycles. The number of nitrogens with one attached hydrogen (secondary N) is 1. The lowest BCUT2D eigenvalue weighted by Crippen LogP contribution is -2.57. The molecular formula is C14H28N2O. The molecule has 0 heterocycles. The van der Waals surface area contributed by atoms with Crippen LogP contribution in [-0.4, -0.2) is 18.8 Å². The van der Waals surface area contributed by atoms with Crippen molar-refractivity contribution < 1.29 is 4.74 Å². The fourth-order valence-electron chi connectivity index (χ4n) is 3.95. The summed E-state index contributed by atoms with van der Waals surface area (Å²) in [7, 11) is 1.86. The normalized spacial score (nSPS) is 34.8. The second kappa shape index (κ2) is 5.68. The summed E-state index contributed by atoms with van der Waals surface area (Å²) in [5, 5.41) is 0. The minimum atomic E-state index is 0.0139. The van der Waals surface area contributed by atoms with Crippen LogP contribution in [0.2, 0.25) is 0 Å². The molecule has 0 aliphatic heterocycles. The zero-order valence-corrected chi connectivity index (χ0v) is 11.4. The van der Waals surface area contributed by atoms with Crippen molar-refractivity contribution in [1.82, 2.24) is 5.43 Å². The Morgan fingerprint density at radius 1 is 1.18 bits per heavy atom. The molecule has 2 saturated carbocycles. The standard InChI is InChI=1S/C14H28N2O/c1-11-5-7-12(8-6-11)13(16-15)14(17-2)9-3-4-10-14/h11-13,16H,3-10,15H2,1-2H3. The number of ether oxygens (including phenoxy) is 1. The summed E-state index contributed by atoms with van der Waals surface area (Å²) in [6, 6.07) is 0.350. The number of hydrazine groups is 1. The smallest absolute Gasteiger partial charge is 0.0847 e.